The molecule has 0 aromatic heterocycles. The second-order valence-electron chi connectivity index (χ2n) is 4.03. The smallest absolute Gasteiger partial charge is 0.256 e. The van der Waals surface area contributed by atoms with Gasteiger partial charge in [-0.15, -0.1) is 0 Å². The van der Waals surface area contributed by atoms with E-state index in [4.69, 9.17) is 10.5 Å². The molecule has 0 aliphatic rings. The van der Waals surface area contributed by atoms with Crippen molar-refractivity contribution in [2.75, 3.05) is 18.2 Å². The molecule has 3 N–H and O–H groups in total. The molecule has 0 radical (unpaired) electrons. The van der Waals surface area contributed by atoms with Crippen LogP contribution in [0.3, 0.4) is 0 Å². The highest BCUT2D eigenvalue weighted by Gasteiger charge is 2.12. The van der Waals surface area contributed by atoms with Crippen LogP contribution in [0.4, 0.5) is 11.4 Å². The topological polar surface area (TPSA) is 64.3 Å². The van der Waals surface area contributed by atoms with Crippen molar-refractivity contribution in [3.63, 3.8) is 0 Å². The lowest BCUT2D eigenvalue weighted by molar-refractivity contribution is 0.102. The Bertz CT molecular complexity index is 660. The van der Waals surface area contributed by atoms with E-state index in [2.05, 4.69) is 37.2 Å². The van der Waals surface area contributed by atoms with Crippen LogP contribution in [0.25, 0.3) is 0 Å². The van der Waals surface area contributed by atoms with Crippen LogP contribution in [-0.4, -0.2) is 13.0 Å². The Kier molecular flexibility index (Phi) is 4.67. The standard InChI is InChI=1S/C14H12Br2N2O2/c1-20-9-3-5-13(12(17)7-9)18-14(19)10-6-8(15)2-4-11(10)16/h2-7H,17H2,1H3,(H,18,19). The van der Waals surface area contributed by atoms with Gasteiger partial charge >= 0.3 is 0 Å². The zero-order valence-electron chi connectivity index (χ0n) is 10.6. The molecule has 0 aliphatic carbocycles. The van der Waals surface area contributed by atoms with E-state index in [0.717, 1.165) is 4.47 Å². The summed E-state index contributed by atoms with van der Waals surface area (Å²) < 4.78 is 6.61. The summed E-state index contributed by atoms with van der Waals surface area (Å²) in [6, 6.07) is 10.5. The molecular formula is C14H12Br2N2O2. The summed E-state index contributed by atoms with van der Waals surface area (Å²) in [6.07, 6.45) is 0. The molecule has 6 heteroatoms. The Morgan fingerprint density at radius 1 is 1.20 bits per heavy atom. The fourth-order valence-corrected chi connectivity index (χ4v) is 2.43. The third kappa shape index (κ3) is 3.32. The van der Waals surface area contributed by atoms with Crippen molar-refractivity contribution < 1.29 is 9.53 Å². The van der Waals surface area contributed by atoms with Gasteiger partial charge in [0, 0.05) is 15.0 Å². The molecule has 0 bridgehead atoms. The van der Waals surface area contributed by atoms with Crippen molar-refractivity contribution >= 4 is 49.1 Å². The number of hydrogen-bond donors (Lipinski definition) is 2. The predicted octanol–water partition coefficient (Wildman–Crippen LogP) is 4.05. The van der Waals surface area contributed by atoms with Crippen LogP contribution in [0, 0.1) is 0 Å². The fourth-order valence-electron chi connectivity index (χ4n) is 1.64. The minimum Gasteiger partial charge on any atom is -0.497 e. The summed E-state index contributed by atoms with van der Waals surface area (Å²) in [5.41, 5.74) is 7.39. The molecule has 2 rings (SSSR count). The van der Waals surface area contributed by atoms with Crippen molar-refractivity contribution in [2.24, 2.45) is 0 Å². The van der Waals surface area contributed by atoms with Gasteiger partial charge in [0.1, 0.15) is 5.75 Å². The molecule has 104 valence electrons. The molecule has 4 nitrogen and oxygen atoms in total. The molecule has 0 saturated heterocycles. The van der Waals surface area contributed by atoms with Crippen molar-refractivity contribution in [3.05, 3.63) is 50.9 Å². The second kappa shape index (κ2) is 6.28. The van der Waals surface area contributed by atoms with Crippen molar-refractivity contribution in [2.45, 2.75) is 0 Å². The van der Waals surface area contributed by atoms with E-state index in [0.29, 0.717) is 27.2 Å². The molecule has 20 heavy (non-hydrogen) atoms. The highest BCUT2D eigenvalue weighted by Crippen LogP contribution is 2.26. The first-order chi connectivity index (χ1) is 9.51. The summed E-state index contributed by atoms with van der Waals surface area (Å²) in [5.74, 6) is 0.402. The van der Waals surface area contributed by atoms with Gasteiger partial charge in [-0.1, -0.05) is 15.9 Å². The van der Waals surface area contributed by atoms with Crippen molar-refractivity contribution in [3.8, 4) is 5.75 Å². The summed E-state index contributed by atoms with van der Waals surface area (Å²) in [5, 5.41) is 2.78. The van der Waals surface area contributed by atoms with Crippen LogP contribution in [0.15, 0.2) is 45.3 Å². The van der Waals surface area contributed by atoms with Gasteiger partial charge in [0.25, 0.3) is 5.91 Å². The molecule has 0 spiro atoms. The molecule has 2 aromatic rings. The van der Waals surface area contributed by atoms with E-state index in [1.54, 1.807) is 37.4 Å². The summed E-state index contributed by atoms with van der Waals surface area (Å²) >= 11 is 6.69. The minimum absolute atomic E-state index is 0.241. The highest BCUT2D eigenvalue weighted by molar-refractivity contribution is 9.11. The van der Waals surface area contributed by atoms with Crippen LogP contribution in [0.2, 0.25) is 0 Å². The van der Waals surface area contributed by atoms with E-state index in [-0.39, 0.29) is 5.91 Å². The lowest BCUT2D eigenvalue weighted by atomic mass is 10.2. The lowest BCUT2D eigenvalue weighted by Gasteiger charge is -2.10. The number of hydrogen-bond acceptors (Lipinski definition) is 3. The van der Waals surface area contributed by atoms with E-state index in [9.17, 15) is 4.79 Å². The normalized spacial score (nSPS) is 10.2. The first-order valence-corrected chi connectivity index (χ1v) is 7.30. The number of carbonyl (C=O) groups is 1. The lowest BCUT2D eigenvalue weighted by Crippen LogP contribution is -2.13. The maximum absolute atomic E-state index is 12.2. The average Bonchev–Trinajstić information content (AvgIpc) is 2.43. The quantitative estimate of drug-likeness (QED) is 0.765. The molecule has 0 heterocycles. The third-order valence-electron chi connectivity index (χ3n) is 2.68. The van der Waals surface area contributed by atoms with E-state index in [1.165, 1.54) is 0 Å². The first-order valence-electron chi connectivity index (χ1n) is 5.71. The maximum Gasteiger partial charge on any atom is 0.256 e. The number of carbonyl (C=O) groups excluding carboxylic acids is 1. The van der Waals surface area contributed by atoms with Gasteiger partial charge in [-0.25, -0.2) is 0 Å². The van der Waals surface area contributed by atoms with Crippen LogP contribution < -0.4 is 15.8 Å². The Hall–Kier alpha value is -1.53. The number of rotatable bonds is 3. The van der Waals surface area contributed by atoms with Gasteiger partial charge < -0.3 is 15.8 Å². The molecule has 1 amide bonds. The minimum atomic E-state index is -0.241. The summed E-state index contributed by atoms with van der Waals surface area (Å²) in [7, 11) is 1.56. The van der Waals surface area contributed by atoms with Gasteiger partial charge in [0.15, 0.2) is 0 Å². The highest BCUT2D eigenvalue weighted by atomic mass is 79.9. The predicted molar refractivity (Wildman–Crippen MR) is 87.2 cm³/mol. The fraction of sp³-hybridized carbons (Fsp3) is 0.0714. The number of nitrogen functional groups attached to an aromatic ring is 1. The molecular weight excluding hydrogens is 388 g/mol. The Labute approximate surface area is 133 Å². The van der Waals surface area contributed by atoms with Gasteiger partial charge in [0.05, 0.1) is 24.0 Å². The second-order valence-corrected chi connectivity index (χ2v) is 5.80. The molecule has 0 atom stereocenters. The third-order valence-corrected chi connectivity index (χ3v) is 3.86. The molecule has 0 fully saturated rings. The van der Waals surface area contributed by atoms with E-state index in [1.807, 2.05) is 6.07 Å². The van der Waals surface area contributed by atoms with Crippen LogP contribution >= 0.6 is 31.9 Å². The summed E-state index contributed by atoms with van der Waals surface area (Å²) in [6.45, 7) is 0. The number of benzene rings is 2. The largest absolute Gasteiger partial charge is 0.497 e. The Morgan fingerprint density at radius 3 is 2.60 bits per heavy atom. The van der Waals surface area contributed by atoms with E-state index >= 15 is 0 Å². The Balaban J connectivity index is 2.25. The number of anilines is 2. The number of methoxy groups -OCH3 is 1. The van der Waals surface area contributed by atoms with Gasteiger partial charge in [0.2, 0.25) is 0 Å². The van der Waals surface area contributed by atoms with Crippen LogP contribution in [-0.2, 0) is 0 Å². The molecule has 0 saturated carbocycles. The van der Waals surface area contributed by atoms with Gasteiger partial charge in [-0.2, -0.15) is 0 Å². The monoisotopic (exact) mass is 398 g/mol. The van der Waals surface area contributed by atoms with Crippen molar-refractivity contribution in [1.82, 2.24) is 0 Å². The number of nitrogens with two attached hydrogens (primary N) is 1. The van der Waals surface area contributed by atoms with Crippen LogP contribution in [0.5, 0.6) is 5.75 Å². The molecule has 0 aliphatic heterocycles. The first kappa shape index (κ1) is 14.9. The molecule has 0 unspecified atom stereocenters. The maximum atomic E-state index is 12.2. The SMILES string of the molecule is COc1ccc(NC(=O)c2cc(Br)ccc2Br)c(N)c1. The molecule has 2 aromatic carbocycles. The number of ether oxygens (including phenoxy) is 1. The summed E-state index contributed by atoms with van der Waals surface area (Å²) in [4.78, 5) is 12.2. The number of nitrogens with one attached hydrogen (secondary N) is 1. The number of amides is 1. The van der Waals surface area contributed by atoms with Gasteiger partial charge in [-0.05, 0) is 46.3 Å². The van der Waals surface area contributed by atoms with Crippen LogP contribution in [0.1, 0.15) is 10.4 Å². The van der Waals surface area contributed by atoms with Gasteiger partial charge in [-0.3, -0.25) is 4.79 Å². The average molecular weight is 400 g/mol. The zero-order valence-corrected chi connectivity index (χ0v) is 13.8. The van der Waals surface area contributed by atoms with E-state index < -0.39 is 0 Å². The Morgan fingerprint density at radius 2 is 1.95 bits per heavy atom. The number of halogens is 2. The zero-order chi connectivity index (χ0) is 14.7. The van der Waals surface area contributed by atoms with Crippen molar-refractivity contribution in [1.29, 1.82) is 0 Å².